The summed E-state index contributed by atoms with van der Waals surface area (Å²) in [5.41, 5.74) is 2.55. The average Bonchev–Trinajstić information content (AvgIpc) is 2.57. The topological polar surface area (TPSA) is 73.8 Å². The number of hydrogen-bond donors (Lipinski definition) is 2. The van der Waals surface area contributed by atoms with E-state index in [-0.39, 0.29) is 0 Å². The molecule has 0 saturated carbocycles. The lowest BCUT2D eigenvalue weighted by Gasteiger charge is -2.23. The third-order valence-corrected chi connectivity index (χ3v) is 5.05. The highest BCUT2D eigenvalue weighted by Crippen LogP contribution is 2.18. The van der Waals surface area contributed by atoms with Gasteiger partial charge in [-0.15, -0.1) is 0 Å². The summed E-state index contributed by atoms with van der Waals surface area (Å²) in [6.45, 7) is 1.13. The Morgan fingerprint density at radius 3 is 2.35 bits per heavy atom. The van der Waals surface area contributed by atoms with Gasteiger partial charge in [-0.05, 0) is 23.3 Å². The predicted molar refractivity (Wildman–Crippen MR) is 111 cm³/mol. The fourth-order valence-electron chi connectivity index (χ4n) is 2.49. The van der Waals surface area contributed by atoms with Crippen LogP contribution in [-0.4, -0.2) is 39.6 Å². The number of nitrogens with zero attached hydrogens (tertiary/aromatic N) is 2. The van der Waals surface area contributed by atoms with Crippen molar-refractivity contribution in [1.82, 2.24) is 10.2 Å². The first kappa shape index (κ1) is 20.3. The summed E-state index contributed by atoms with van der Waals surface area (Å²) >= 11 is 3.56. The molecule has 2 aromatic carbocycles. The summed E-state index contributed by atoms with van der Waals surface area (Å²) < 4.78 is 26.6. The van der Waals surface area contributed by atoms with Gasteiger partial charge in [-0.3, -0.25) is 9.71 Å². The molecule has 0 aliphatic rings. The molecule has 0 atom stereocenters. The van der Waals surface area contributed by atoms with Crippen molar-refractivity contribution in [3.8, 4) is 0 Å². The van der Waals surface area contributed by atoms with Crippen molar-refractivity contribution < 1.29 is 8.42 Å². The van der Waals surface area contributed by atoms with Gasteiger partial charge < -0.3 is 10.2 Å². The number of hydrogen-bond acceptors (Lipinski definition) is 3. The number of sulfonamides is 1. The second kappa shape index (κ2) is 9.05. The van der Waals surface area contributed by atoms with Crippen LogP contribution in [0.2, 0.25) is 0 Å². The second-order valence-electron chi connectivity index (χ2n) is 5.88. The number of rotatable bonds is 6. The minimum atomic E-state index is -3.33. The lowest BCUT2D eigenvalue weighted by molar-refractivity contribution is 0.475. The quantitative estimate of drug-likeness (QED) is 0.536. The average molecular weight is 439 g/mol. The van der Waals surface area contributed by atoms with Gasteiger partial charge in [-0.25, -0.2) is 8.42 Å². The maximum atomic E-state index is 11.5. The monoisotopic (exact) mass is 438 g/mol. The van der Waals surface area contributed by atoms with E-state index in [0.717, 1.165) is 27.8 Å². The molecule has 0 bridgehead atoms. The molecule has 0 aromatic heterocycles. The summed E-state index contributed by atoms with van der Waals surface area (Å²) in [4.78, 5) is 6.32. The third-order valence-electron chi connectivity index (χ3n) is 3.69. The molecule has 26 heavy (non-hydrogen) atoms. The lowest BCUT2D eigenvalue weighted by Crippen LogP contribution is -2.38. The van der Waals surface area contributed by atoms with Gasteiger partial charge in [-0.2, -0.15) is 0 Å². The Bertz CT molecular complexity index is 884. The van der Waals surface area contributed by atoms with E-state index >= 15 is 0 Å². The van der Waals surface area contributed by atoms with Crippen molar-refractivity contribution >= 4 is 37.6 Å². The number of guanidine groups is 1. The van der Waals surface area contributed by atoms with Gasteiger partial charge in [0.1, 0.15) is 0 Å². The molecular formula is C18H23BrN4O2S. The Balaban J connectivity index is 2.07. The highest BCUT2D eigenvalue weighted by atomic mass is 79.9. The van der Waals surface area contributed by atoms with Crippen LogP contribution in [0.25, 0.3) is 0 Å². The number of halogens is 1. The Kier molecular flexibility index (Phi) is 7.05. The van der Waals surface area contributed by atoms with E-state index in [9.17, 15) is 8.42 Å². The van der Waals surface area contributed by atoms with Gasteiger partial charge in [0.2, 0.25) is 10.0 Å². The van der Waals surface area contributed by atoms with Crippen molar-refractivity contribution in [3.05, 3.63) is 64.1 Å². The molecule has 0 fully saturated rings. The molecule has 0 heterocycles. The molecule has 2 N–H and O–H groups in total. The van der Waals surface area contributed by atoms with Crippen molar-refractivity contribution in [2.75, 3.05) is 25.1 Å². The predicted octanol–water partition coefficient (Wildman–Crippen LogP) is 3.03. The number of nitrogens with one attached hydrogen (secondary N) is 2. The van der Waals surface area contributed by atoms with E-state index in [2.05, 4.69) is 37.0 Å². The molecule has 0 aliphatic heterocycles. The van der Waals surface area contributed by atoms with E-state index in [4.69, 9.17) is 0 Å². The Morgan fingerprint density at radius 1 is 1.12 bits per heavy atom. The van der Waals surface area contributed by atoms with Crippen LogP contribution in [0, 0.1) is 0 Å². The van der Waals surface area contributed by atoms with Crippen LogP contribution in [0.4, 0.5) is 5.69 Å². The van der Waals surface area contributed by atoms with Crippen molar-refractivity contribution in [3.63, 3.8) is 0 Å². The van der Waals surface area contributed by atoms with Gasteiger partial charge in [0, 0.05) is 31.7 Å². The summed E-state index contributed by atoms with van der Waals surface area (Å²) in [6, 6.07) is 15.3. The molecule has 8 heteroatoms. The molecule has 0 radical (unpaired) electrons. The van der Waals surface area contributed by atoms with Crippen molar-refractivity contribution in [2.45, 2.75) is 13.1 Å². The van der Waals surface area contributed by atoms with Gasteiger partial charge in [0.15, 0.2) is 5.96 Å². The maximum absolute atomic E-state index is 11.5. The highest BCUT2D eigenvalue weighted by Gasteiger charge is 2.11. The van der Waals surface area contributed by atoms with Crippen LogP contribution in [0.1, 0.15) is 11.1 Å². The van der Waals surface area contributed by atoms with Gasteiger partial charge in [0.05, 0.1) is 11.9 Å². The first-order valence-corrected chi connectivity index (χ1v) is 10.7. The molecule has 0 unspecified atom stereocenters. The molecule has 140 valence electrons. The Hall–Kier alpha value is -2.06. The van der Waals surface area contributed by atoms with Crippen molar-refractivity contribution in [2.24, 2.45) is 4.99 Å². The van der Waals surface area contributed by atoms with Crippen molar-refractivity contribution in [1.29, 1.82) is 0 Å². The summed E-state index contributed by atoms with van der Waals surface area (Å²) in [7, 11) is 0.346. The van der Waals surface area contributed by atoms with Crippen LogP contribution >= 0.6 is 15.9 Å². The molecule has 0 amide bonds. The van der Waals surface area contributed by atoms with Gasteiger partial charge in [0.25, 0.3) is 0 Å². The zero-order chi connectivity index (χ0) is 19.2. The summed E-state index contributed by atoms with van der Waals surface area (Å²) in [5, 5.41) is 3.28. The van der Waals surface area contributed by atoms with E-state index in [1.165, 1.54) is 0 Å². The minimum absolute atomic E-state index is 0.450. The number of anilines is 1. The summed E-state index contributed by atoms with van der Waals surface area (Å²) in [6.07, 6.45) is 1.14. The van der Waals surface area contributed by atoms with E-state index in [1.54, 1.807) is 19.2 Å². The number of benzene rings is 2. The van der Waals surface area contributed by atoms with Gasteiger partial charge >= 0.3 is 0 Å². The van der Waals surface area contributed by atoms with Crippen LogP contribution in [-0.2, 0) is 23.1 Å². The second-order valence-corrected chi connectivity index (χ2v) is 8.48. The fraction of sp³-hybridized carbons (Fsp3) is 0.278. The standard InChI is InChI=1S/C18H23BrN4O2S/c1-20-18(23(2)13-15-9-4-6-10-16(15)19)21-12-14-8-5-7-11-17(14)22-26(3,24)25/h4-11,22H,12-13H2,1-3H3,(H,20,21). The minimum Gasteiger partial charge on any atom is -0.352 e. The Labute approximate surface area is 163 Å². The number of para-hydroxylation sites is 1. The molecule has 2 rings (SSSR count). The normalized spacial score (nSPS) is 11.9. The smallest absolute Gasteiger partial charge is 0.229 e. The molecule has 0 saturated heterocycles. The van der Waals surface area contributed by atoms with E-state index < -0.39 is 10.0 Å². The fourth-order valence-corrected chi connectivity index (χ4v) is 3.50. The van der Waals surface area contributed by atoms with Crippen LogP contribution in [0.5, 0.6) is 0 Å². The largest absolute Gasteiger partial charge is 0.352 e. The van der Waals surface area contributed by atoms with E-state index in [0.29, 0.717) is 18.8 Å². The van der Waals surface area contributed by atoms with E-state index in [1.807, 2.05) is 42.3 Å². The molecule has 0 spiro atoms. The molecular weight excluding hydrogens is 416 g/mol. The number of aliphatic imine (C=N–C) groups is 1. The summed E-state index contributed by atoms with van der Waals surface area (Å²) in [5.74, 6) is 0.718. The maximum Gasteiger partial charge on any atom is 0.229 e. The lowest BCUT2D eigenvalue weighted by atomic mass is 10.2. The van der Waals surface area contributed by atoms with Crippen LogP contribution in [0.15, 0.2) is 58.0 Å². The zero-order valence-corrected chi connectivity index (χ0v) is 17.4. The van der Waals surface area contributed by atoms with Crippen LogP contribution < -0.4 is 10.0 Å². The molecule has 6 nitrogen and oxygen atoms in total. The molecule has 0 aliphatic carbocycles. The Morgan fingerprint density at radius 2 is 1.73 bits per heavy atom. The molecule has 2 aromatic rings. The zero-order valence-electron chi connectivity index (χ0n) is 15.0. The van der Waals surface area contributed by atoms with Crippen LogP contribution in [0.3, 0.4) is 0 Å². The van der Waals surface area contributed by atoms with Gasteiger partial charge in [-0.1, -0.05) is 52.3 Å². The highest BCUT2D eigenvalue weighted by molar-refractivity contribution is 9.10. The SMILES string of the molecule is CN=C(NCc1ccccc1NS(C)(=O)=O)N(C)Cc1ccccc1Br. The third kappa shape index (κ3) is 6.03. The first-order chi connectivity index (χ1) is 12.3. The first-order valence-electron chi connectivity index (χ1n) is 8.01.